The number of aromatic nitrogens is 1. The average molecular weight is 303 g/mol. The van der Waals surface area contributed by atoms with E-state index in [0.717, 1.165) is 0 Å². The van der Waals surface area contributed by atoms with Gasteiger partial charge in [-0.25, -0.2) is 0 Å². The van der Waals surface area contributed by atoms with Crippen molar-refractivity contribution in [2.45, 2.75) is 6.42 Å². The normalized spacial score (nSPS) is 10.0. The molecule has 1 rings (SSSR count). The van der Waals surface area contributed by atoms with Crippen molar-refractivity contribution in [3.63, 3.8) is 0 Å². The van der Waals surface area contributed by atoms with Crippen LogP contribution in [0.4, 0.5) is 0 Å². The summed E-state index contributed by atoms with van der Waals surface area (Å²) in [7, 11) is 1.50. The van der Waals surface area contributed by atoms with E-state index >= 15 is 0 Å². The third-order valence-electron chi connectivity index (χ3n) is 2.11. The van der Waals surface area contributed by atoms with Crippen molar-refractivity contribution >= 4 is 27.8 Å². The van der Waals surface area contributed by atoms with E-state index in [4.69, 9.17) is 5.11 Å². The Morgan fingerprint density at radius 1 is 1.53 bits per heavy atom. The summed E-state index contributed by atoms with van der Waals surface area (Å²) in [4.78, 5) is 36.9. The van der Waals surface area contributed by atoms with Gasteiger partial charge in [0.25, 0.3) is 11.5 Å². The molecule has 0 aromatic carbocycles. The first kappa shape index (κ1) is 13.4. The fraction of sp³-hybridized carbons (Fsp3) is 0.300. The fourth-order valence-corrected chi connectivity index (χ4v) is 1.53. The number of nitrogens with one attached hydrogen (secondary N) is 1. The molecule has 0 saturated heterocycles. The number of aromatic amines is 1. The third-order valence-corrected chi connectivity index (χ3v) is 2.70. The van der Waals surface area contributed by atoms with Crippen molar-refractivity contribution in [3.8, 4) is 0 Å². The van der Waals surface area contributed by atoms with E-state index in [1.54, 1.807) is 0 Å². The molecule has 0 spiro atoms. The van der Waals surface area contributed by atoms with Crippen LogP contribution in [0.5, 0.6) is 0 Å². The lowest BCUT2D eigenvalue weighted by Crippen LogP contribution is -2.29. The second kappa shape index (κ2) is 5.62. The van der Waals surface area contributed by atoms with Gasteiger partial charge in [0.05, 0.1) is 16.5 Å². The first-order valence-corrected chi connectivity index (χ1v) is 5.56. The van der Waals surface area contributed by atoms with Crippen LogP contribution in [0.25, 0.3) is 0 Å². The summed E-state index contributed by atoms with van der Waals surface area (Å²) in [6.07, 6.45) is 1.18. The van der Waals surface area contributed by atoms with Gasteiger partial charge in [0.2, 0.25) is 0 Å². The first-order chi connectivity index (χ1) is 7.91. The van der Waals surface area contributed by atoms with Gasteiger partial charge in [-0.1, -0.05) is 0 Å². The number of halogens is 1. The van der Waals surface area contributed by atoms with E-state index in [1.165, 1.54) is 24.2 Å². The minimum atomic E-state index is -0.965. The summed E-state index contributed by atoms with van der Waals surface area (Å²) < 4.78 is 0.259. The summed E-state index contributed by atoms with van der Waals surface area (Å²) in [6, 6.07) is 1.40. The van der Waals surface area contributed by atoms with Gasteiger partial charge in [0.15, 0.2) is 0 Å². The molecule has 6 nitrogen and oxygen atoms in total. The van der Waals surface area contributed by atoms with Crippen molar-refractivity contribution in [1.29, 1.82) is 0 Å². The summed E-state index contributed by atoms with van der Waals surface area (Å²) in [5.41, 5.74) is -0.0286. The van der Waals surface area contributed by atoms with E-state index < -0.39 is 5.97 Å². The molecule has 0 saturated carbocycles. The lowest BCUT2D eigenvalue weighted by atomic mass is 10.2. The highest BCUT2D eigenvalue weighted by molar-refractivity contribution is 9.10. The number of H-pyrrole nitrogens is 1. The number of nitrogens with zero attached hydrogens (tertiary/aromatic N) is 1. The van der Waals surface area contributed by atoms with E-state index in [9.17, 15) is 14.4 Å². The minimum absolute atomic E-state index is 0.116. The predicted octanol–water partition coefficient (Wildman–Crippen LogP) is 0.684. The molecule has 17 heavy (non-hydrogen) atoms. The molecule has 1 heterocycles. The molecule has 0 atom stereocenters. The van der Waals surface area contributed by atoms with Gasteiger partial charge in [-0.3, -0.25) is 14.4 Å². The Balaban J connectivity index is 2.78. The Morgan fingerprint density at radius 2 is 2.18 bits per heavy atom. The van der Waals surface area contributed by atoms with Gasteiger partial charge in [-0.15, -0.1) is 0 Å². The van der Waals surface area contributed by atoms with Crippen LogP contribution in [0.15, 0.2) is 21.5 Å². The van der Waals surface area contributed by atoms with Crippen LogP contribution < -0.4 is 5.56 Å². The summed E-state index contributed by atoms with van der Waals surface area (Å²) in [5, 5.41) is 8.50. The van der Waals surface area contributed by atoms with Crippen molar-refractivity contribution in [2.75, 3.05) is 13.6 Å². The van der Waals surface area contributed by atoms with Crippen LogP contribution in [-0.4, -0.2) is 40.5 Å². The maximum absolute atomic E-state index is 11.8. The molecule has 1 aromatic rings. The molecule has 1 aromatic heterocycles. The highest BCUT2D eigenvalue weighted by Crippen LogP contribution is 2.07. The molecule has 0 unspecified atom stereocenters. The number of carbonyl (C=O) groups excluding carboxylic acids is 1. The Morgan fingerprint density at radius 3 is 2.71 bits per heavy atom. The van der Waals surface area contributed by atoms with E-state index in [-0.39, 0.29) is 28.9 Å². The van der Waals surface area contributed by atoms with Crippen molar-refractivity contribution < 1.29 is 14.7 Å². The maximum atomic E-state index is 11.8. The number of hydrogen-bond donors (Lipinski definition) is 2. The number of carbonyl (C=O) groups is 2. The summed E-state index contributed by atoms with van der Waals surface area (Å²) >= 11 is 3.02. The topological polar surface area (TPSA) is 90.5 Å². The average Bonchev–Trinajstić information content (AvgIpc) is 2.28. The van der Waals surface area contributed by atoms with E-state index in [0.29, 0.717) is 5.56 Å². The first-order valence-electron chi connectivity index (χ1n) is 4.77. The van der Waals surface area contributed by atoms with Crippen molar-refractivity contribution in [3.05, 3.63) is 32.7 Å². The SMILES string of the molecule is CN(CCC(=O)O)C(=O)c1c[nH]c(=O)c(Br)c1. The molecule has 0 aliphatic heterocycles. The van der Waals surface area contributed by atoms with Gasteiger partial charge >= 0.3 is 5.97 Å². The lowest BCUT2D eigenvalue weighted by Gasteiger charge is -2.15. The zero-order valence-electron chi connectivity index (χ0n) is 9.07. The summed E-state index contributed by atoms with van der Waals surface area (Å²) in [6.45, 7) is 0.116. The molecule has 92 valence electrons. The van der Waals surface area contributed by atoms with Gasteiger partial charge in [0.1, 0.15) is 0 Å². The maximum Gasteiger partial charge on any atom is 0.305 e. The van der Waals surface area contributed by atoms with Crippen LogP contribution in [0.2, 0.25) is 0 Å². The quantitative estimate of drug-likeness (QED) is 0.856. The monoisotopic (exact) mass is 302 g/mol. The fourth-order valence-electron chi connectivity index (χ4n) is 1.16. The van der Waals surface area contributed by atoms with Crippen LogP contribution in [-0.2, 0) is 4.79 Å². The largest absolute Gasteiger partial charge is 0.481 e. The molecule has 0 radical (unpaired) electrons. The lowest BCUT2D eigenvalue weighted by molar-refractivity contribution is -0.137. The number of carboxylic acids is 1. The van der Waals surface area contributed by atoms with Gasteiger partial charge in [-0.2, -0.15) is 0 Å². The van der Waals surface area contributed by atoms with Gasteiger partial charge in [-0.05, 0) is 22.0 Å². The van der Waals surface area contributed by atoms with Crippen molar-refractivity contribution in [1.82, 2.24) is 9.88 Å². The van der Waals surface area contributed by atoms with Crippen molar-refractivity contribution in [2.24, 2.45) is 0 Å². The number of carboxylic acid groups (broad SMARTS) is 1. The number of amides is 1. The summed E-state index contributed by atoms with van der Waals surface area (Å²) in [5.74, 6) is -1.31. The number of hydrogen-bond acceptors (Lipinski definition) is 3. The highest BCUT2D eigenvalue weighted by Gasteiger charge is 2.13. The van der Waals surface area contributed by atoms with Crippen LogP contribution >= 0.6 is 15.9 Å². The third kappa shape index (κ3) is 3.70. The smallest absolute Gasteiger partial charge is 0.305 e. The molecule has 0 fully saturated rings. The number of pyridine rings is 1. The Hall–Kier alpha value is -1.63. The Kier molecular flexibility index (Phi) is 4.45. The van der Waals surface area contributed by atoms with Crippen LogP contribution in [0, 0.1) is 0 Å². The predicted molar refractivity (Wildman–Crippen MR) is 64.0 cm³/mol. The minimum Gasteiger partial charge on any atom is -0.481 e. The Bertz CT molecular complexity index is 497. The second-order valence-corrected chi connectivity index (χ2v) is 4.29. The standard InChI is InChI=1S/C10H11BrN2O4/c1-13(3-2-8(14)15)10(17)6-4-7(11)9(16)12-5-6/h4-5H,2-3H2,1H3,(H,12,16)(H,14,15). The molecule has 0 aliphatic carbocycles. The van der Waals surface area contributed by atoms with Gasteiger partial charge < -0.3 is 15.0 Å². The van der Waals surface area contributed by atoms with Crippen LogP contribution in [0.1, 0.15) is 16.8 Å². The van der Waals surface area contributed by atoms with Gasteiger partial charge in [0, 0.05) is 19.8 Å². The molecular formula is C10H11BrN2O4. The highest BCUT2D eigenvalue weighted by atomic mass is 79.9. The molecule has 0 bridgehead atoms. The molecular weight excluding hydrogens is 292 g/mol. The Labute approximate surface area is 105 Å². The number of aliphatic carboxylic acids is 1. The zero-order chi connectivity index (χ0) is 13.0. The molecule has 7 heteroatoms. The zero-order valence-corrected chi connectivity index (χ0v) is 10.7. The second-order valence-electron chi connectivity index (χ2n) is 3.44. The number of rotatable bonds is 4. The molecule has 2 N–H and O–H groups in total. The molecule has 0 aliphatic rings. The van der Waals surface area contributed by atoms with E-state index in [1.807, 2.05) is 0 Å². The van der Waals surface area contributed by atoms with E-state index in [2.05, 4.69) is 20.9 Å². The molecule has 1 amide bonds. The van der Waals surface area contributed by atoms with Crippen LogP contribution in [0.3, 0.4) is 0 Å².